The van der Waals surface area contributed by atoms with Crippen LogP contribution in [0.5, 0.6) is 0 Å². The molecule has 0 aliphatic heterocycles. The van der Waals surface area contributed by atoms with Crippen molar-refractivity contribution < 1.29 is 14.3 Å². The summed E-state index contributed by atoms with van der Waals surface area (Å²) in [6.07, 6.45) is 7.83. The van der Waals surface area contributed by atoms with Crippen molar-refractivity contribution in [1.82, 2.24) is 25.1 Å². The molecule has 8 heteroatoms. The molecule has 0 spiro atoms. The van der Waals surface area contributed by atoms with E-state index in [1.54, 1.807) is 37.1 Å². The smallest absolute Gasteiger partial charge is 0.330 e. The summed E-state index contributed by atoms with van der Waals surface area (Å²) >= 11 is 0. The van der Waals surface area contributed by atoms with Gasteiger partial charge in [0.2, 0.25) is 0 Å². The van der Waals surface area contributed by atoms with Crippen LogP contribution in [0.4, 0.5) is 0 Å². The maximum Gasteiger partial charge on any atom is 0.330 e. The molecule has 2 aromatic heterocycles. The van der Waals surface area contributed by atoms with Crippen molar-refractivity contribution in [3.8, 4) is 5.82 Å². The lowest BCUT2D eigenvalue weighted by Gasteiger charge is -2.22. The van der Waals surface area contributed by atoms with Crippen molar-refractivity contribution in [2.75, 3.05) is 7.11 Å². The van der Waals surface area contributed by atoms with Gasteiger partial charge in [-0.25, -0.2) is 14.5 Å². The molecule has 26 heavy (non-hydrogen) atoms. The largest absolute Gasteiger partial charge is 0.467 e. The first-order valence-corrected chi connectivity index (χ1v) is 8.71. The number of rotatable bonds is 4. The zero-order valence-electron chi connectivity index (χ0n) is 15.0. The van der Waals surface area contributed by atoms with Crippen LogP contribution in [-0.2, 0) is 16.0 Å². The van der Waals surface area contributed by atoms with E-state index in [0.29, 0.717) is 23.3 Å². The van der Waals surface area contributed by atoms with Gasteiger partial charge in [0, 0.05) is 23.9 Å². The quantitative estimate of drug-likeness (QED) is 0.832. The van der Waals surface area contributed by atoms with Gasteiger partial charge in [0.05, 0.1) is 19.0 Å². The Morgan fingerprint density at radius 1 is 1.35 bits per heavy atom. The van der Waals surface area contributed by atoms with Crippen LogP contribution in [0.2, 0.25) is 0 Å². The highest BCUT2D eigenvalue weighted by atomic mass is 16.5. The lowest BCUT2D eigenvalue weighted by molar-refractivity contribution is -0.146. The predicted molar refractivity (Wildman–Crippen MR) is 91.9 cm³/mol. The highest BCUT2D eigenvalue weighted by Crippen LogP contribution is 2.55. The lowest BCUT2D eigenvalue weighted by Crippen LogP contribution is -2.50. The number of carbonyl (C=O) groups excluding carboxylic acids is 2. The Labute approximate surface area is 151 Å². The molecule has 4 rings (SSSR count). The van der Waals surface area contributed by atoms with Gasteiger partial charge in [-0.05, 0) is 39.0 Å². The summed E-state index contributed by atoms with van der Waals surface area (Å²) in [6.45, 7) is 3.22. The minimum atomic E-state index is -1.13. The summed E-state index contributed by atoms with van der Waals surface area (Å²) in [5.74, 6) is 0.803. The van der Waals surface area contributed by atoms with Crippen LogP contribution < -0.4 is 5.32 Å². The average Bonchev–Trinajstić information content (AvgIpc) is 3.33. The third-order valence-corrected chi connectivity index (χ3v) is 5.17. The van der Waals surface area contributed by atoms with E-state index in [4.69, 9.17) is 4.74 Å². The number of hydrogen-bond acceptors (Lipinski definition) is 6. The monoisotopic (exact) mass is 355 g/mol. The van der Waals surface area contributed by atoms with Gasteiger partial charge in [-0.2, -0.15) is 5.10 Å². The standard InChI is InChI=1S/C18H21N5O3/c1-18(2,17(25)26-3)21-16(24)14-11-5-4-10-8-12(10)15(11)23(22-14)13-9-19-6-7-20-13/h6-7,9-10,12H,4-5,8H2,1-3H3,(H,21,24)/t10-,12+/m1/s1. The van der Waals surface area contributed by atoms with E-state index in [1.165, 1.54) is 7.11 Å². The molecular weight excluding hydrogens is 334 g/mol. The van der Waals surface area contributed by atoms with E-state index in [1.807, 2.05) is 0 Å². The van der Waals surface area contributed by atoms with Gasteiger partial charge in [-0.15, -0.1) is 0 Å². The van der Waals surface area contributed by atoms with E-state index in [0.717, 1.165) is 30.5 Å². The van der Waals surface area contributed by atoms with Crippen molar-refractivity contribution in [3.63, 3.8) is 0 Å². The number of ether oxygens (including phenoxy) is 1. The molecule has 8 nitrogen and oxygen atoms in total. The first-order valence-electron chi connectivity index (χ1n) is 8.71. The Morgan fingerprint density at radius 2 is 2.15 bits per heavy atom. The van der Waals surface area contributed by atoms with Gasteiger partial charge in [-0.3, -0.25) is 9.78 Å². The van der Waals surface area contributed by atoms with E-state index >= 15 is 0 Å². The second kappa shape index (κ2) is 5.89. The second-order valence-electron chi connectivity index (χ2n) is 7.40. The molecule has 0 unspecified atom stereocenters. The molecule has 1 N–H and O–H groups in total. The normalized spacial score (nSPS) is 20.7. The highest BCUT2D eigenvalue weighted by Gasteiger charge is 2.47. The fourth-order valence-electron chi connectivity index (χ4n) is 3.73. The van der Waals surface area contributed by atoms with Crippen LogP contribution in [0.15, 0.2) is 18.6 Å². The molecular formula is C18H21N5O3. The van der Waals surface area contributed by atoms with Crippen molar-refractivity contribution in [2.24, 2.45) is 5.92 Å². The summed E-state index contributed by atoms with van der Waals surface area (Å²) in [5.41, 5.74) is 1.23. The van der Waals surface area contributed by atoms with Gasteiger partial charge in [0.1, 0.15) is 5.54 Å². The van der Waals surface area contributed by atoms with E-state index in [2.05, 4.69) is 20.4 Å². The van der Waals surface area contributed by atoms with E-state index in [-0.39, 0.29) is 5.91 Å². The fourth-order valence-corrected chi connectivity index (χ4v) is 3.73. The number of aromatic nitrogens is 4. The first-order chi connectivity index (χ1) is 12.4. The highest BCUT2D eigenvalue weighted by molar-refractivity contribution is 5.98. The van der Waals surface area contributed by atoms with Crippen molar-refractivity contribution in [2.45, 2.75) is 44.6 Å². The maximum atomic E-state index is 12.9. The molecule has 2 heterocycles. The molecule has 2 aromatic rings. The first kappa shape index (κ1) is 16.7. The number of methoxy groups -OCH3 is 1. The molecule has 136 valence electrons. The third kappa shape index (κ3) is 2.65. The summed E-state index contributed by atoms with van der Waals surface area (Å²) in [5, 5.41) is 7.30. The summed E-state index contributed by atoms with van der Waals surface area (Å²) in [4.78, 5) is 33.2. The minimum Gasteiger partial charge on any atom is -0.467 e. The molecule has 1 saturated carbocycles. The molecule has 2 aliphatic rings. The van der Waals surface area contributed by atoms with Gasteiger partial charge >= 0.3 is 5.97 Å². The molecule has 2 aliphatic carbocycles. The van der Waals surface area contributed by atoms with Crippen molar-refractivity contribution in [1.29, 1.82) is 0 Å². The maximum absolute atomic E-state index is 12.9. The van der Waals surface area contributed by atoms with Crippen LogP contribution in [0.3, 0.4) is 0 Å². The fraction of sp³-hybridized carbons (Fsp3) is 0.500. The number of amides is 1. The minimum absolute atomic E-state index is 0.355. The summed E-state index contributed by atoms with van der Waals surface area (Å²) < 4.78 is 6.51. The molecule has 0 aromatic carbocycles. The lowest BCUT2D eigenvalue weighted by atomic mass is 9.95. The number of esters is 1. The molecule has 0 bridgehead atoms. The molecule has 2 atom stereocenters. The Kier molecular flexibility index (Phi) is 3.78. The van der Waals surface area contributed by atoms with E-state index in [9.17, 15) is 9.59 Å². The average molecular weight is 355 g/mol. The van der Waals surface area contributed by atoms with Crippen LogP contribution in [0.25, 0.3) is 5.82 Å². The second-order valence-corrected chi connectivity index (χ2v) is 7.40. The number of hydrogen-bond donors (Lipinski definition) is 1. The Balaban J connectivity index is 1.74. The predicted octanol–water partition coefficient (Wildman–Crippen LogP) is 1.39. The van der Waals surface area contributed by atoms with Crippen LogP contribution in [-0.4, -0.2) is 44.3 Å². The van der Waals surface area contributed by atoms with Gasteiger partial charge in [0.25, 0.3) is 5.91 Å². The zero-order valence-corrected chi connectivity index (χ0v) is 15.0. The molecule has 1 fully saturated rings. The number of carbonyl (C=O) groups is 2. The van der Waals surface area contributed by atoms with Crippen molar-refractivity contribution in [3.05, 3.63) is 35.5 Å². The third-order valence-electron chi connectivity index (χ3n) is 5.17. The number of fused-ring (bicyclic) bond motifs is 3. The molecule has 0 saturated heterocycles. The number of nitrogens with one attached hydrogen (secondary N) is 1. The van der Waals surface area contributed by atoms with Crippen LogP contribution in [0, 0.1) is 5.92 Å². The zero-order chi connectivity index (χ0) is 18.5. The Hall–Kier alpha value is -2.77. The summed E-state index contributed by atoms with van der Waals surface area (Å²) in [6, 6.07) is 0. The molecule has 1 amide bonds. The van der Waals surface area contributed by atoms with Gasteiger partial charge < -0.3 is 10.1 Å². The van der Waals surface area contributed by atoms with Crippen LogP contribution in [0.1, 0.15) is 54.4 Å². The Morgan fingerprint density at radius 3 is 2.85 bits per heavy atom. The van der Waals surface area contributed by atoms with E-state index < -0.39 is 11.5 Å². The molecule has 0 radical (unpaired) electrons. The van der Waals surface area contributed by atoms with Gasteiger partial charge in [-0.1, -0.05) is 0 Å². The SMILES string of the molecule is COC(=O)C(C)(C)NC(=O)c1nn(-c2cnccn2)c2c1CC[C@@H]1C[C@H]21. The van der Waals surface area contributed by atoms with Crippen LogP contribution >= 0.6 is 0 Å². The number of nitrogens with zero attached hydrogens (tertiary/aromatic N) is 4. The topological polar surface area (TPSA) is 99.0 Å². The summed E-state index contributed by atoms with van der Waals surface area (Å²) in [7, 11) is 1.30. The van der Waals surface area contributed by atoms with Gasteiger partial charge in [0.15, 0.2) is 11.5 Å². The van der Waals surface area contributed by atoms with Crippen molar-refractivity contribution >= 4 is 11.9 Å². The Bertz CT molecular complexity index is 874.